The van der Waals surface area contributed by atoms with E-state index in [1.807, 2.05) is 20.8 Å². The molecule has 1 atom stereocenters. The van der Waals surface area contributed by atoms with Gasteiger partial charge in [0.05, 0.1) is 5.75 Å². The molecule has 0 saturated heterocycles. The molecule has 0 rings (SSSR count). The molecule has 0 amide bonds. The van der Waals surface area contributed by atoms with E-state index in [9.17, 15) is 9.00 Å². The van der Waals surface area contributed by atoms with E-state index in [0.29, 0.717) is 5.75 Å². The largest absolute Gasteiger partial charge is 0.481 e. The maximum absolute atomic E-state index is 10.8. The average Bonchev–Trinajstić information content (AvgIpc) is 2.16. The highest BCUT2D eigenvalue weighted by Gasteiger charge is 1.93. The van der Waals surface area contributed by atoms with Crippen molar-refractivity contribution in [2.75, 3.05) is 5.75 Å². The zero-order valence-electron chi connectivity index (χ0n) is 9.78. The molecule has 0 saturated carbocycles. The van der Waals surface area contributed by atoms with Crippen LogP contribution in [0.3, 0.4) is 0 Å². The van der Waals surface area contributed by atoms with E-state index in [4.69, 9.17) is 9.29 Å². The highest BCUT2D eigenvalue weighted by atomic mass is 32.2. The number of carbonyl (C=O) groups is 1. The summed E-state index contributed by atoms with van der Waals surface area (Å²) in [5, 5.41) is 7.72. The summed E-state index contributed by atoms with van der Waals surface area (Å²) in [7, 11) is 0. The van der Waals surface area contributed by atoms with E-state index >= 15 is 0 Å². The van der Waals surface area contributed by atoms with Crippen molar-refractivity contribution in [1.29, 1.82) is 0 Å². The molecule has 4 nitrogen and oxygen atoms in total. The Morgan fingerprint density at radius 2 is 1.87 bits per heavy atom. The van der Waals surface area contributed by atoms with E-state index in [1.165, 1.54) is 6.26 Å². The van der Waals surface area contributed by atoms with Crippen LogP contribution in [0, 0.1) is 0 Å². The Morgan fingerprint density at radius 1 is 1.40 bits per heavy atom. The normalized spacial score (nSPS) is 10.7. The number of carboxylic acid groups (broad SMARTS) is 1. The fourth-order valence-corrected chi connectivity index (χ4v) is 1.09. The summed E-state index contributed by atoms with van der Waals surface area (Å²) in [4.78, 5) is 9.37. The quantitative estimate of drug-likeness (QED) is 0.745. The van der Waals surface area contributed by atoms with Crippen molar-refractivity contribution in [3.63, 3.8) is 0 Å². The highest BCUT2D eigenvalue weighted by Crippen LogP contribution is 1.94. The van der Waals surface area contributed by atoms with Gasteiger partial charge in [-0.1, -0.05) is 13.8 Å². The second-order valence-electron chi connectivity index (χ2n) is 3.05. The van der Waals surface area contributed by atoms with Crippen molar-refractivity contribution in [2.45, 2.75) is 40.5 Å². The van der Waals surface area contributed by atoms with Crippen molar-refractivity contribution < 1.29 is 18.3 Å². The Balaban J connectivity index is 0. The third-order valence-corrected chi connectivity index (χ3v) is 2.12. The maximum Gasteiger partial charge on any atom is 0.303 e. The molecule has 0 radical (unpaired) electrons. The van der Waals surface area contributed by atoms with E-state index in [0.717, 1.165) is 12.0 Å². The van der Waals surface area contributed by atoms with Gasteiger partial charge >= 0.3 is 5.97 Å². The molecule has 0 bridgehead atoms. The SMILES string of the molecule is CCC(=O)O.CCCS(=O)OC=C(C)C. The number of carboxylic acids is 1. The van der Waals surface area contributed by atoms with Crippen LogP contribution in [0.15, 0.2) is 11.8 Å². The molecule has 0 aromatic rings. The molecule has 0 aliphatic rings. The standard InChI is InChI=1S/C7H14O2S.C3H6O2/c1-4-5-10(8)9-6-7(2)3;1-2-3(4)5/h6H,4-5H2,1-3H3;2H2,1H3,(H,4,5). The molecular weight excluding hydrogens is 216 g/mol. The van der Waals surface area contributed by atoms with Crippen LogP contribution in [0.1, 0.15) is 40.5 Å². The number of hydrogen-bond acceptors (Lipinski definition) is 3. The Kier molecular flexibility index (Phi) is 12.4. The third-order valence-electron chi connectivity index (χ3n) is 1.06. The summed E-state index contributed by atoms with van der Waals surface area (Å²) >= 11 is -1.12. The summed E-state index contributed by atoms with van der Waals surface area (Å²) in [6.07, 6.45) is 2.65. The van der Waals surface area contributed by atoms with Crippen molar-refractivity contribution >= 4 is 17.0 Å². The second-order valence-corrected chi connectivity index (χ2v) is 4.25. The zero-order chi connectivity index (χ0) is 12.3. The monoisotopic (exact) mass is 236 g/mol. The van der Waals surface area contributed by atoms with Crippen LogP contribution in [-0.2, 0) is 20.1 Å². The molecule has 5 heteroatoms. The lowest BCUT2D eigenvalue weighted by Gasteiger charge is -1.96. The van der Waals surface area contributed by atoms with E-state index in [2.05, 4.69) is 0 Å². The van der Waals surface area contributed by atoms with Gasteiger partial charge in [-0.2, -0.15) is 0 Å². The van der Waals surface area contributed by atoms with Gasteiger partial charge in [0.1, 0.15) is 6.26 Å². The first-order valence-corrected chi connectivity index (χ1v) is 6.09. The fraction of sp³-hybridized carbons (Fsp3) is 0.700. The first-order chi connectivity index (χ1) is 6.93. The lowest BCUT2D eigenvalue weighted by Crippen LogP contribution is -1.96. The van der Waals surface area contributed by atoms with Crippen LogP contribution < -0.4 is 0 Å². The minimum atomic E-state index is -1.12. The molecule has 1 N–H and O–H groups in total. The van der Waals surface area contributed by atoms with Gasteiger partial charge in [-0.15, -0.1) is 0 Å². The highest BCUT2D eigenvalue weighted by molar-refractivity contribution is 7.80. The molecule has 1 unspecified atom stereocenters. The Labute approximate surface area is 94.0 Å². The van der Waals surface area contributed by atoms with Crippen molar-refractivity contribution in [2.24, 2.45) is 0 Å². The molecule has 0 spiro atoms. The van der Waals surface area contributed by atoms with Gasteiger partial charge in [0.25, 0.3) is 0 Å². The van der Waals surface area contributed by atoms with Gasteiger partial charge in [-0.3, -0.25) is 4.79 Å². The lowest BCUT2D eigenvalue weighted by molar-refractivity contribution is -0.136. The Morgan fingerprint density at radius 3 is 2.13 bits per heavy atom. The lowest BCUT2D eigenvalue weighted by atomic mass is 10.4. The molecule has 0 fully saturated rings. The smallest absolute Gasteiger partial charge is 0.303 e. The number of hydrogen-bond donors (Lipinski definition) is 1. The van der Waals surface area contributed by atoms with Gasteiger partial charge in [0.2, 0.25) is 11.1 Å². The number of rotatable bonds is 5. The van der Waals surface area contributed by atoms with Crippen LogP contribution in [0.4, 0.5) is 0 Å². The fourth-order valence-electron chi connectivity index (χ4n) is 0.365. The average molecular weight is 236 g/mol. The van der Waals surface area contributed by atoms with E-state index in [1.54, 1.807) is 6.92 Å². The molecule has 0 heterocycles. The summed E-state index contributed by atoms with van der Waals surface area (Å²) in [5.74, 6) is -0.131. The van der Waals surface area contributed by atoms with Crippen LogP contribution in [0.2, 0.25) is 0 Å². The van der Waals surface area contributed by atoms with Gasteiger partial charge in [-0.05, 0) is 25.8 Å². The maximum atomic E-state index is 10.8. The van der Waals surface area contributed by atoms with Crippen LogP contribution in [0.25, 0.3) is 0 Å². The Bertz CT molecular complexity index is 219. The topological polar surface area (TPSA) is 63.6 Å². The predicted octanol–water partition coefficient (Wildman–Crippen LogP) is 2.48. The van der Waals surface area contributed by atoms with Gasteiger partial charge in [-0.25, -0.2) is 4.21 Å². The second kappa shape index (κ2) is 11.2. The van der Waals surface area contributed by atoms with Crippen LogP contribution in [0.5, 0.6) is 0 Å². The van der Waals surface area contributed by atoms with Gasteiger partial charge in [0.15, 0.2) is 0 Å². The van der Waals surface area contributed by atoms with E-state index < -0.39 is 17.0 Å². The Hall–Kier alpha value is -0.840. The van der Waals surface area contributed by atoms with E-state index in [-0.39, 0.29) is 6.42 Å². The zero-order valence-corrected chi connectivity index (χ0v) is 10.6. The molecular formula is C10H20O4S. The summed E-state index contributed by atoms with van der Waals surface area (Å²) in [6, 6.07) is 0. The first-order valence-electron chi connectivity index (χ1n) is 4.84. The summed E-state index contributed by atoms with van der Waals surface area (Å²) < 4.78 is 15.6. The molecule has 0 aliphatic carbocycles. The van der Waals surface area contributed by atoms with Crippen molar-refractivity contribution in [1.82, 2.24) is 0 Å². The van der Waals surface area contributed by atoms with Crippen molar-refractivity contribution in [3.8, 4) is 0 Å². The minimum Gasteiger partial charge on any atom is -0.481 e. The summed E-state index contributed by atoms with van der Waals surface area (Å²) in [5.41, 5.74) is 1.03. The van der Waals surface area contributed by atoms with Crippen LogP contribution >= 0.6 is 0 Å². The predicted molar refractivity (Wildman–Crippen MR) is 61.7 cm³/mol. The summed E-state index contributed by atoms with van der Waals surface area (Å²) in [6.45, 7) is 7.39. The third kappa shape index (κ3) is 19.5. The van der Waals surface area contributed by atoms with Crippen LogP contribution in [-0.4, -0.2) is 21.0 Å². The molecule has 0 aromatic carbocycles. The molecule has 0 aliphatic heterocycles. The van der Waals surface area contributed by atoms with Gasteiger partial charge in [0, 0.05) is 6.42 Å². The molecule has 15 heavy (non-hydrogen) atoms. The molecule has 0 aromatic heterocycles. The van der Waals surface area contributed by atoms with Crippen molar-refractivity contribution in [3.05, 3.63) is 11.8 Å². The number of aliphatic carboxylic acids is 1. The minimum absolute atomic E-state index is 0.222. The number of allylic oxidation sites excluding steroid dienone is 1. The first kappa shape index (κ1) is 16.6. The molecule has 90 valence electrons. The van der Waals surface area contributed by atoms with Gasteiger partial charge < -0.3 is 9.29 Å².